The van der Waals surface area contributed by atoms with Gasteiger partial charge in [0, 0.05) is 18.7 Å². The van der Waals surface area contributed by atoms with Gasteiger partial charge >= 0.3 is 0 Å². The van der Waals surface area contributed by atoms with Crippen molar-refractivity contribution in [1.82, 2.24) is 9.78 Å². The van der Waals surface area contributed by atoms with E-state index in [9.17, 15) is 4.79 Å². The fraction of sp³-hybridized carbons (Fsp3) is 0.263. The molecular formula is C19H21N3O2S. The predicted molar refractivity (Wildman–Crippen MR) is 100 cm³/mol. The van der Waals surface area contributed by atoms with E-state index in [1.54, 1.807) is 11.7 Å². The number of nitrogens with one attached hydrogen (secondary N) is 1. The average Bonchev–Trinajstić information content (AvgIpc) is 3.16. The van der Waals surface area contributed by atoms with E-state index in [1.807, 2.05) is 43.5 Å². The summed E-state index contributed by atoms with van der Waals surface area (Å²) in [6.07, 6.45) is 0. The molecular weight excluding hydrogens is 334 g/mol. The van der Waals surface area contributed by atoms with Gasteiger partial charge in [-0.15, -0.1) is 11.3 Å². The monoisotopic (exact) mass is 355 g/mol. The van der Waals surface area contributed by atoms with Crippen LogP contribution in [0.25, 0.3) is 0 Å². The Bertz CT molecular complexity index is 911. The number of hydrogen-bond donors (Lipinski definition) is 1. The van der Waals surface area contributed by atoms with Crippen LogP contribution in [0.15, 0.2) is 35.7 Å². The molecule has 0 unspecified atom stereocenters. The van der Waals surface area contributed by atoms with Gasteiger partial charge in [0.15, 0.2) is 0 Å². The van der Waals surface area contributed by atoms with Gasteiger partial charge < -0.3 is 10.1 Å². The average molecular weight is 355 g/mol. The smallest absolute Gasteiger partial charge is 0.266 e. The van der Waals surface area contributed by atoms with Gasteiger partial charge in [-0.2, -0.15) is 5.10 Å². The van der Waals surface area contributed by atoms with Gasteiger partial charge in [0.1, 0.15) is 18.2 Å². The van der Waals surface area contributed by atoms with Crippen LogP contribution in [0.2, 0.25) is 0 Å². The van der Waals surface area contributed by atoms with Crippen LogP contribution >= 0.6 is 11.3 Å². The van der Waals surface area contributed by atoms with Crippen LogP contribution in [0.5, 0.6) is 5.75 Å². The molecule has 1 amide bonds. The molecule has 0 atom stereocenters. The maximum atomic E-state index is 12.4. The van der Waals surface area contributed by atoms with E-state index in [0.29, 0.717) is 17.3 Å². The Balaban J connectivity index is 1.65. The molecule has 3 aromatic rings. The molecule has 0 fully saturated rings. The number of carbonyl (C=O) groups is 1. The second-order valence-corrected chi connectivity index (χ2v) is 6.97. The van der Waals surface area contributed by atoms with Gasteiger partial charge in [-0.25, -0.2) is 0 Å². The maximum absolute atomic E-state index is 12.4. The number of aromatic nitrogens is 2. The Morgan fingerprint density at radius 1 is 1.28 bits per heavy atom. The molecule has 25 heavy (non-hydrogen) atoms. The first-order valence-electron chi connectivity index (χ1n) is 8.02. The van der Waals surface area contributed by atoms with Crippen LogP contribution in [-0.4, -0.2) is 15.7 Å². The summed E-state index contributed by atoms with van der Waals surface area (Å²) < 4.78 is 7.56. The molecule has 130 valence electrons. The second kappa shape index (κ2) is 7.11. The fourth-order valence-electron chi connectivity index (χ4n) is 2.52. The maximum Gasteiger partial charge on any atom is 0.266 e. The molecule has 0 bridgehead atoms. The third kappa shape index (κ3) is 3.91. The van der Waals surface area contributed by atoms with Crippen molar-refractivity contribution in [1.29, 1.82) is 0 Å². The zero-order valence-corrected chi connectivity index (χ0v) is 15.6. The highest BCUT2D eigenvalue weighted by Crippen LogP contribution is 2.23. The van der Waals surface area contributed by atoms with Crippen LogP contribution in [0, 0.1) is 20.8 Å². The van der Waals surface area contributed by atoms with E-state index < -0.39 is 0 Å². The van der Waals surface area contributed by atoms with Crippen molar-refractivity contribution < 1.29 is 9.53 Å². The topological polar surface area (TPSA) is 56.1 Å². The lowest BCUT2D eigenvalue weighted by Crippen LogP contribution is -2.13. The number of rotatable bonds is 5. The number of benzene rings is 1. The van der Waals surface area contributed by atoms with E-state index in [1.165, 1.54) is 16.9 Å². The molecule has 0 aliphatic heterocycles. The molecule has 0 spiro atoms. The fourth-order valence-corrected chi connectivity index (χ4v) is 3.31. The summed E-state index contributed by atoms with van der Waals surface area (Å²) in [5, 5.41) is 9.06. The summed E-state index contributed by atoms with van der Waals surface area (Å²) in [5.41, 5.74) is 4.19. The number of nitrogens with zero attached hydrogens (tertiary/aromatic N) is 2. The lowest BCUT2D eigenvalue weighted by atomic mass is 10.1. The summed E-state index contributed by atoms with van der Waals surface area (Å²) in [6, 6.07) is 9.73. The van der Waals surface area contributed by atoms with Crippen molar-refractivity contribution >= 4 is 23.1 Å². The largest absolute Gasteiger partial charge is 0.489 e. The van der Waals surface area contributed by atoms with Crippen molar-refractivity contribution in [2.45, 2.75) is 27.4 Å². The molecule has 1 aromatic carbocycles. The van der Waals surface area contributed by atoms with E-state index in [0.717, 1.165) is 22.6 Å². The third-order valence-electron chi connectivity index (χ3n) is 4.07. The highest BCUT2D eigenvalue weighted by Gasteiger charge is 2.12. The zero-order chi connectivity index (χ0) is 18.0. The van der Waals surface area contributed by atoms with Crippen LogP contribution in [-0.2, 0) is 13.7 Å². The summed E-state index contributed by atoms with van der Waals surface area (Å²) >= 11 is 1.41. The molecule has 6 heteroatoms. The van der Waals surface area contributed by atoms with E-state index >= 15 is 0 Å². The van der Waals surface area contributed by atoms with Gasteiger partial charge in [-0.3, -0.25) is 9.48 Å². The number of hydrogen-bond acceptors (Lipinski definition) is 4. The molecule has 0 saturated heterocycles. The van der Waals surface area contributed by atoms with Gasteiger partial charge in [-0.05, 0) is 49.4 Å². The van der Waals surface area contributed by atoms with E-state index in [4.69, 9.17) is 4.74 Å². The Labute approximate surface area is 151 Å². The number of anilines is 1. The van der Waals surface area contributed by atoms with Crippen molar-refractivity contribution in [2.75, 3.05) is 5.32 Å². The minimum absolute atomic E-state index is 0.133. The number of thiophene rings is 1. The molecule has 2 heterocycles. The number of amides is 1. The van der Waals surface area contributed by atoms with Crippen LogP contribution in [0.4, 0.5) is 5.82 Å². The summed E-state index contributed by atoms with van der Waals surface area (Å²) in [6.45, 7) is 6.45. The Morgan fingerprint density at radius 2 is 2.08 bits per heavy atom. The molecule has 3 rings (SSSR count). The molecule has 1 N–H and O–H groups in total. The number of aryl methyl sites for hydroxylation is 3. The zero-order valence-electron chi connectivity index (χ0n) is 14.8. The van der Waals surface area contributed by atoms with Crippen LogP contribution in [0.3, 0.4) is 0 Å². The van der Waals surface area contributed by atoms with Crippen LogP contribution < -0.4 is 10.1 Å². The Hall–Kier alpha value is -2.60. The van der Waals surface area contributed by atoms with Gasteiger partial charge in [0.05, 0.1) is 10.6 Å². The van der Waals surface area contributed by atoms with E-state index in [2.05, 4.69) is 23.4 Å². The summed E-state index contributed by atoms with van der Waals surface area (Å²) in [5.74, 6) is 1.43. The highest BCUT2D eigenvalue weighted by molar-refractivity contribution is 7.12. The minimum atomic E-state index is -0.133. The first kappa shape index (κ1) is 17.2. The SMILES string of the molecule is Cc1cc(NC(=O)c2cc(COc3cccc(C)c3C)cs2)n(C)n1. The molecule has 0 saturated carbocycles. The van der Waals surface area contributed by atoms with E-state index in [-0.39, 0.29) is 5.91 Å². The van der Waals surface area contributed by atoms with Gasteiger partial charge in [0.2, 0.25) is 0 Å². The number of ether oxygens (including phenoxy) is 1. The molecule has 0 radical (unpaired) electrons. The summed E-state index contributed by atoms with van der Waals surface area (Å²) in [4.78, 5) is 13.0. The molecule has 0 aliphatic rings. The predicted octanol–water partition coefficient (Wildman–Crippen LogP) is 4.24. The Morgan fingerprint density at radius 3 is 2.80 bits per heavy atom. The molecule has 5 nitrogen and oxygen atoms in total. The number of carbonyl (C=O) groups excluding carboxylic acids is 1. The van der Waals surface area contributed by atoms with Crippen molar-refractivity contribution in [3.63, 3.8) is 0 Å². The van der Waals surface area contributed by atoms with Crippen LogP contribution in [0.1, 0.15) is 32.1 Å². The molecule has 0 aliphatic carbocycles. The summed E-state index contributed by atoms with van der Waals surface area (Å²) in [7, 11) is 1.81. The highest BCUT2D eigenvalue weighted by atomic mass is 32.1. The lowest BCUT2D eigenvalue weighted by molar-refractivity contribution is 0.102. The second-order valence-electron chi connectivity index (χ2n) is 6.05. The minimum Gasteiger partial charge on any atom is -0.489 e. The van der Waals surface area contributed by atoms with Crippen molar-refractivity contribution in [2.24, 2.45) is 7.05 Å². The first-order valence-corrected chi connectivity index (χ1v) is 8.90. The first-order chi connectivity index (χ1) is 11.9. The van der Waals surface area contributed by atoms with Gasteiger partial charge in [0.25, 0.3) is 5.91 Å². The quantitative estimate of drug-likeness (QED) is 0.745. The van der Waals surface area contributed by atoms with Crippen molar-refractivity contribution in [3.8, 4) is 5.75 Å². The normalized spacial score (nSPS) is 10.7. The molecule has 2 aromatic heterocycles. The lowest BCUT2D eigenvalue weighted by Gasteiger charge is -2.09. The third-order valence-corrected chi connectivity index (χ3v) is 5.05. The Kier molecular flexibility index (Phi) is 4.90. The van der Waals surface area contributed by atoms with Crippen molar-refractivity contribution in [3.05, 3.63) is 63.0 Å². The standard InChI is InChI=1S/C19H21N3O2S/c1-12-6-5-7-16(14(12)3)24-10-15-9-17(25-11-15)19(23)20-18-8-13(2)21-22(18)4/h5-9,11H,10H2,1-4H3,(H,20,23). The van der Waals surface area contributed by atoms with Gasteiger partial charge in [-0.1, -0.05) is 12.1 Å².